The normalized spacial score (nSPS) is 27.9. The first-order valence-electron chi connectivity index (χ1n) is 33.7. The highest BCUT2D eigenvalue weighted by molar-refractivity contribution is 6.31. The Kier molecular flexibility index (Phi) is 26.6. The highest BCUT2D eigenvalue weighted by atomic mass is 35.5. The van der Waals surface area contributed by atoms with Gasteiger partial charge in [0.2, 0.25) is 65.0 Å². The van der Waals surface area contributed by atoms with Crippen molar-refractivity contribution >= 4 is 76.6 Å². The number of aryl methyl sites for hydroxylation is 1. The van der Waals surface area contributed by atoms with E-state index in [1.165, 1.54) is 70.7 Å². The van der Waals surface area contributed by atoms with Gasteiger partial charge in [-0.1, -0.05) is 118 Å². The Morgan fingerprint density at radius 2 is 1.28 bits per heavy atom. The lowest BCUT2D eigenvalue weighted by atomic mass is 9.84. The van der Waals surface area contributed by atoms with Crippen molar-refractivity contribution in [2.45, 2.75) is 243 Å². The van der Waals surface area contributed by atoms with Crippen molar-refractivity contribution < 1.29 is 65.9 Å². The Morgan fingerprint density at radius 1 is 0.645 bits per heavy atom. The molecule has 4 N–H and O–H groups in total. The number of hydrogen-bond acceptors (Lipinski definition) is 11. The van der Waals surface area contributed by atoms with Crippen LogP contribution in [-0.4, -0.2) is 214 Å². The molecule has 0 radical (unpaired) electrons. The number of fused-ring (bicyclic) bond motifs is 2. The van der Waals surface area contributed by atoms with Gasteiger partial charge < -0.3 is 55.6 Å². The van der Waals surface area contributed by atoms with Gasteiger partial charge in [0, 0.05) is 60.8 Å². The second-order valence-corrected chi connectivity index (χ2v) is 28.2. The minimum Gasteiger partial charge on any atom is -0.351 e. The molecule has 11 amide bonds. The van der Waals surface area contributed by atoms with E-state index in [1.807, 2.05) is 20.8 Å². The number of alkyl halides is 3. The molecule has 0 bridgehead atoms. The van der Waals surface area contributed by atoms with Crippen molar-refractivity contribution in [2.75, 3.05) is 54.9 Å². The maximum absolute atomic E-state index is 15.1. The number of carbonyl (C=O) groups excluding carboxylic acids is 11. The molecule has 93 heavy (non-hydrogen) atoms. The summed E-state index contributed by atoms with van der Waals surface area (Å²) >= 11 is 6.13. The van der Waals surface area contributed by atoms with E-state index < -0.39 is 160 Å². The standard InChI is InChI=1S/C67H103ClF3N11O11/c1-14-41(7)55-64(92)78(11)48(15-2)63(91)82-33-29-50(82)62(90)79(12)52(37-43-22-17-16-18-23-43)61(89)76(9)38-53(83)73-47(28-26-44-25-27-45(46(68)36-44)67(69,70)71)60(88)81-32-21-24-49(81)58(86)75-66(30-19-20-31-66)65(93)80(13)56(40(5)6)59(87)72-42(8)35-54(84)77(10)51(34-39(3)4)57(85)74-55/h25,27,36,39-43,47-52,55-56H,14-24,26,28-35,37-38H2,1-13H3,(H,72,87)(H,73,83)(H,74,85)(H,75,86)/t41-,42+,47-,48-,49-,50-,51-,52-,55-,56-/m0/s1. The van der Waals surface area contributed by atoms with E-state index in [2.05, 4.69) is 21.3 Å². The average molecular weight is 1330 g/mol. The van der Waals surface area contributed by atoms with Gasteiger partial charge in [0.15, 0.2) is 0 Å². The summed E-state index contributed by atoms with van der Waals surface area (Å²) in [6, 6.07) is -6.64. The highest BCUT2D eigenvalue weighted by Gasteiger charge is 2.51. The predicted molar refractivity (Wildman–Crippen MR) is 344 cm³/mol. The van der Waals surface area contributed by atoms with E-state index in [9.17, 15) is 56.3 Å². The van der Waals surface area contributed by atoms with Gasteiger partial charge in [0.05, 0.1) is 17.1 Å². The molecular weight excluding hydrogens is 1230 g/mol. The summed E-state index contributed by atoms with van der Waals surface area (Å²) in [5, 5.41) is 11.1. The van der Waals surface area contributed by atoms with Crippen LogP contribution in [0.25, 0.3) is 0 Å². The van der Waals surface area contributed by atoms with Gasteiger partial charge >= 0.3 is 6.18 Å². The maximum atomic E-state index is 15.1. The van der Waals surface area contributed by atoms with Gasteiger partial charge in [0.25, 0.3) is 0 Å². The van der Waals surface area contributed by atoms with Crippen LogP contribution in [-0.2, 0) is 65.3 Å². The molecule has 2 saturated carbocycles. The smallest absolute Gasteiger partial charge is 0.351 e. The topological polar surface area (TPSA) is 259 Å². The number of carbonyl (C=O) groups is 11. The van der Waals surface area contributed by atoms with Crippen LogP contribution >= 0.6 is 11.6 Å². The van der Waals surface area contributed by atoms with Crippen LogP contribution in [0, 0.1) is 23.7 Å². The van der Waals surface area contributed by atoms with Crippen molar-refractivity contribution in [1.82, 2.24) is 55.6 Å². The summed E-state index contributed by atoms with van der Waals surface area (Å²) in [5.74, 6) is -7.48. The van der Waals surface area contributed by atoms with Gasteiger partial charge in [-0.15, -0.1) is 0 Å². The second kappa shape index (κ2) is 32.7. The van der Waals surface area contributed by atoms with Gasteiger partial charge in [0.1, 0.15) is 53.9 Å². The maximum Gasteiger partial charge on any atom is 0.417 e. The number of likely N-dealkylation sites (N-methyl/N-ethyl adjacent to an activating group) is 5. The Morgan fingerprint density at radius 3 is 1.85 bits per heavy atom. The molecule has 3 heterocycles. The number of hydrogen-bond donors (Lipinski definition) is 4. The fourth-order valence-corrected chi connectivity index (χ4v) is 14.6. The second-order valence-electron chi connectivity index (χ2n) is 27.8. The zero-order chi connectivity index (χ0) is 69.1. The van der Waals surface area contributed by atoms with Gasteiger partial charge in [-0.05, 0) is 112 Å². The van der Waals surface area contributed by atoms with E-state index in [4.69, 9.17) is 11.6 Å². The predicted octanol–water partition coefficient (Wildman–Crippen LogP) is 6.09. The molecule has 1 aromatic rings. The van der Waals surface area contributed by atoms with E-state index in [-0.39, 0.29) is 89.1 Å². The van der Waals surface area contributed by atoms with Crippen LogP contribution in [0.5, 0.6) is 0 Å². The van der Waals surface area contributed by atoms with Crippen molar-refractivity contribution in [3.63, 3.8) is 0 Å². The molecule has 0 aromatic heterocycles. The number of amides is 11. The SMILES string of the molecule is CC[C@H](C)[C@@H]1NC(=O)[C@H](CC(C)C)N(C)C(=O)C[C@@H](C)NC(=O)[C@H](C(C)C)N(C)C(=O)C2(CCCC2)NC(=O)[C@@H]2CCCN2C(=O)[C@H](CCc2ccc(C(F)(F)F)c(Cl)c2)NC(=O)CN(C)C(=O)[C@H](CC2CCCCC2)N(C)C(=O)[C@@H]2CCN2C(=O)[C@H](CC)N(C)C1=O. The molecule has 5 aliphatic rings. The Bertz CT molecular complexity index is 2890. The molecule has 0 unspecified atom stereocenters. The molecule has 10 atom stereocenters. The third-order valence-electron chi connectivity index (χ3n) is 20.1. The minimum atomic E-state index is -4.74. The largest absolute Gasteiger partial charge is 0.417 e. The van der Waals surface area contributed by atoms with Crippen molar-refractivity contribution in [2.24, 2.45) is 23.7 Å². The first-order chi connectivity index (χ1) is 43.7. The van der Waals surface area contributed by atoms with Crippen molar-refractivity contribution in [3.8, 4) is 0 Å². The summed E-state index contributed by atoms with van der Waals surface area (Å²) in [5.41, 5.74) is -2.24. The first-order valence-corrected chi connectivity index (χ1v) is 34.1. The lowest BCUT2D eigenvalue weighted by Crippen LogP contribution is -2.65. The van der Waals surface area contributed by atoms with Crippen LogP contribution in [0.3, 0.4) is 0 Å². The van der Waals surface area contributed by atoms with Gasteiger partial charge in [-0.2, -0.15) is 13.2 Å². The molecule has 520 valence electrons. The van der Waals surface area contributed by atoms with E-state index in [0.717, 1.165) is 49.1 Å². The molecule has 6 rings (SSSR count). The molecule has 3 aliphatic heterocycles. The van der Waals surface area contributed by atoms with E-state index >= 15 is 9.59 Å². The first kappa shape index (κ1) is 75.5. The molecule has 26 heteroatoms. The quantitative estimate of drug-likeness (QED) is 0.197. The molecule has 1 spiro atoms. The monoisotopic (exact) mass is 1330 g/mol. The summed E-state index contributed by atoms with van der Waals surface area (Å²) in [7, 11) is 7.34. The Labute approximate surface area is 552 Å². The molecule has 2 aliphatic carbocycles. The summed E-state index contributed by atoms with van der Waals surface area (Å²) in [6.07, 6.45) is 2.53. The summed E-state index contributed by atoms with van der Waals surface area (Å²) < 4.78 is 41.4. The third kappa shape index (κ3) is 18.3. The molecular formula is C67H103ClF3N11O11. The minimum absolute atomic E-state index is 0.0378. The molecule has 3 saturated heterocycles. The zero-order valence-corrected chi connectivity index (χ0v) is 57.7. The van der Waals surface area contributed by atoms with E-state index in [1.54, 1.807) is 34.6 Å². The van der Waals surface area contributed by atoms with Crippen LogP contribution < -0.4 is 21.3 Å². The van der Waals surface area contributed by atoms with Crippen LogP contribution in [0.4, 0.5) is 13.2 Å². The van der Waals surface area contributed by atoms with E-state index in [0.29, 0.717) is 31.2 Å². The zero-order valence-electron chi connectivity index (χ0n) is 56.9. The van der Waals surface area contributed by atoms with Crippen LogP contribution in [0.1, 0.15) is 182 Å². The number of benzene rings is 1. The van der Waals surface area contributed by atoms with Crippen molar-refractivity contribution in [1.29, 1.82) is 0 Å². The number of nitrogens with one attached hydrogen (secondary N) is 4. The number of nitrogens with zero attached hydrogens (tertiary/aromatic N) is 7. The Hall–Kier alpha value is -6.53. The summed E-state index contributed by atoms with van der Waals surface area (Å²) in [4.78, 5) is 171. The molecule has 1 aromatic carbocycles. The lowest BCUT2D eigenvalue weighted by molar-refractivity contribution is -0.161. The number of halogens is 4. The lowest BCUT2D eigenvalue weighted by Gasteiger charge is -2.45. The summed E-state index contributed by atoms with van der Waals surface area (Å²) in [6.45, 7) is 14.0. The fraction of sp³-hybridized carbons (Fsp3) is 0.746. The van der Waals surface area contributed by atoms with Gasteiger partial charge in [-0.25, -0.2) is 0 Å². The highest BCUT2D eigenvalue weighted by Crippen LogP contribution is 2.37. The molecule has 5 fully saturated rings. The number of rotatable bonds is 11. The van der Waals surface area contributed by atoms with Crippen LogP contribution in [0.15, 0.2) is 18.2 Å². The Balaban J connectivity index is 1.39. The molecule has 22 nitrogen and oxygen atoms in total. The average Bonchev–Trinajstić information content (AvgIpc) is 1.70. The third-order valence-corrected chi connectivity index (χ3v) is 20.4. The van der Waals surface area contributed by atoms with Crippen LogP contribution in [0.2, 0.25) is 5.02 Å². The van der Waals surface area contributed by atoms with Crippen molar-refractivity contribution in [3.05, 3.63) is 34.3 Å². The van der Waals surface area contributed by atoms with Gasteiger partial charge in [-0.3, -0.25) is 52.7 Å². The fourth-order valence-electron chi connectivity index (χ4n) is 14.3.